The van der Waals surface area contributed by atoms with Crippen LogP contribution in [0.3, 0.4) is 0 Å². The molecule has 2 N–H and O–H groups in total. The number of anilines is 1. The van der Waals surface area contributed by atoms with Crippen LogP contribution in [0.25, 0.3) is 11.0 Å². The molecule has 2 heterocycles. The summed E-state index contributed by atoms with van der Waals surface area (Å²) < 4.78 is 53.5. The number of hydrogen-bond donors (Lipinski definition) is 2. The maximum Gasteiger partial charge on any atom is 0.393 e. The first-order valence-electron chi connectivity index (χ1n) is 6.97. The Kier molecular flexibility index (Phi) is 3.75. The highest BCUT2D eigenvalue weighted by molar-refractivity contribution is 5.93. The molecule has 2 atom stereocenters. The number of carbonyl (C=O) groups excluding carboxylic acids is 1. The van der Waals surface area contributed by atoms with E-state index >= 15 is 0 Å². The van der Waals surface area contributed by atoms with Crippen LogP contribution in [0.15, 0.2) is 18.2 Å². The lowest BCUT2D eigenvalue weighted by Crippen LogP contribution is -2.37. The summed E-state index contributed by atoms with van der Waals surface area (Å²) in [4.78, 5) is 16.3. The Morgan fingerprint density at radius 2 is 2.13 bits per heavy atom. The Balaban J connectivity index is 1.84. The van der Waals surface area contributed by atoms with Crippen LogP contribution in [-0.2, 0) is 11.8 Å². The lowest BCUT2D eigenvalue weighted by Gasteiger charge is -2.20. The minimum atomic E-state index is -4.44. The quantitative estimate of drug-likeness (QED) is 0.829. The average Bonchev–Trinajstić information content (AvgIpc) is 3.04. The highest BCUT2D eigenvalue weighted by atomic mass is 19.4. The third-order valence-electron chi connectivity index (χ3n) is 4.05. The molecular weight excluding hydrogens is 316 g/mol. The van der Waals surface area contributed by atoms with E-state index in [1.165, 1.54) is 22.8 Å². The zero-order chi connectivity index (χ0) is 16.8. The first-order valence-corrected chi connectivity index (χ1v) is 6.97. The molecule has 9 heteroatoms. The standard InChI is InChI=1S/C14H14F4N4O/c1-22-11-3-2-7(15)4-10(11)20-13(22)21-12(23)8-5-19-6-9(8)14(16,17)18/h2-4,8-9,19H,5-6H2,1H3,(H,20,21,23)/t8-,9-/m1/s1. The van der Waals surface area contributed by atoms with Crippen LogP contribution >= 0.6 is 0 Å². The van der Waals surface area contributed by atoms with Gasteiger partial charge in [-0.3, -0.25) is 10.1 Å². The van der Waals surface area contributed by atoms with Crippen LogP contribution in [-0.4, -0.2) is 34.7 Å². The van der Waals surface area contributed by atoms with Crippen LogP contribution in [0.1, 0.15) is 0 Å². The van der Waals surface area contributed by atoms with Crippen molar-refractivity contribution in [3.63, 3.8) is 0 Å². The van der Waals surface area contributed by atoms with Crippen molar-refractivity contribution < 1.29 is 22.4 Å². The summed E-state index contributed by atoms with van der Waals surface area (Å²) in [5.41, 5.74) is 0.887. The number of aromatic nitrogens is 2. The first kappa shape index (κ1) is 15.7. The van der Waals surface area contributed by atoms with Crippen LogP contribution in [0.2, 0.25) is 0 Å². The zero-order valence-electron chi connectivity index (χ0n) is 12.1. The molecule has 3 rings (SSSR count). The van der Waals surface area contributed by atoms with Crippen molar-refractivity contribution in [3.05, 3.63) is 24.0 Å². The van der Waals surface area contributed by atoms with E-state index in [0.29, 0.717) is 11.0 Å². The number of hydrogen-bond acceptors (Lipinski definition) is 3. The van der Waals surface area contributed by atoms with Gasteiger partial charge in [0, 0.05) is 26.2 Å². The lowest BCUT2D eigenvalue weighted by atomic mass is 9.95. The Morgan fingerprint density at radius 1 is 1.39 bits per heavy atom. The van der Waals surface area contributed by atoms with Crippen molar-refractivity contribution >= 4 is 22.9 Å². The Bertz CT molecular complexity index is 755. The van der Waals surface area contributed by atoms with Gasteiger partial charge in [0.25, 0.3) is 0 Å². The molecular formula is C14H14F4N4O. The van der Waals surface area contributed by atoms with Crippen LogP contribution < -0.4 is 10.6 Å². The fourth-order valence-corrected chi connectivity index (χ4v) is 2.79. The maximum atomic E-state index is 13.2. The van der Waals surface area contributed by atoms with Gasteiger partial charge in [-0.05, 0) is 12.1 Å². The molecule has 0 unspecified atom stereocenters. The molecule has 1 amide bonds. The number of alkyl halides is 3. The van der Waals surface area contributed by atoms with Gasteiger partial charge in [-0.2, -0.15) is 13.2 Å². The van der Waals surface area contributed by atoms with Crippen molar-refractivity contribution in [2.75, 3.05) is 18.4 Å². The van der Waals surface area contributed by atoms with Gasteiger partial charge in [-0.25, -0.2) is 9.37 Å². The molecule has 1 aliphatic heterocycles. The van der Waals surface area contributed by atoms with E-state index in [1.807, 2.05) is 0 Å². The molecule has 1 saturated heterocycles. The second-order valence-electron chi connectivity index (χ2n) is 5.53. The van der Waals surface area contributed by atoms with Gasteiger partial charge < -0.3 is 9.88 Å². The van der Waals surface area contributed by atoms with E-state index in [1.54, 1.807) is 7.05 Å². The van der Waals surface area contributed by atoms with E-state index in [4.69, 9.17) is 0 Å². The Labute approximate surface area is 128 Å². The van der Waals surface area contributed by atoms with Gasteiger partial charge in [0.15, 0.2) is 0 Å². The van der Waals surface area contributed by atoms with E-state index < -0.39 is 29.7 Å². The summed E-state index contributed by atoms with van der Waals surface area (Å²) in [5, 5.41) is 5.00. The second-order valence-corrected chi connectivity index (χ2v) is 5.53. The molecule has 0 saturated carbocycles. The minimum Gasteiger partial charge on any atom is -0.315 e. The van der Waals surface area contributed by atoms with Crippen molar-refractivity contribution in [2.45, 2.75) is 6.18 Å². The molecule has 5 nitrogen and oxygen atoms in total. The van der Waals surface area contributed by atoms with Gasteiger partial charge in [-0.1, -0.05) is 0 Å². The number of amides is 1. The van der Waals surface area contributed by atoms with E-state index in [2.05, 4.69) is 15.6 Å². The molecule has 1 fully saturated rings. The highest BCUT2D eigenvalue weighted by Gasteiger charge is 2.49. The van der Waals surface area contributed by atoms with E-state index in [0.717, 1.165) is 0 Å². The summed E-state index contributed by atoms with van der Waals surface area (Å²) in [7, 11) is 1.59. The summed E-state index contributed by atoms with van der Waals surface area (Å²) in [6.07, 6.45) is -4.44. The topological polar surface area (TPSA) is 59.0 Å². The van der Waals surface area contributed by atoms with Crippen LogP contribution in [0.5, 0.6) is 0 Å². The zero-order valence-corrected chi connectivity index (χ0v) is 12.1. The molecule has 1 aliphatic rings. The lowest BCUT2D eigenvalue weighted by molar-refractivity contribution is -0.181. The van der Waals surface area contributed by atoms with Crippen LogP contribution in [0, 0.1) is 17.7 Å². The molecule has 1 aromatic carbocycles. The normalized spacial score (nSPS) is 21.8. The fraction of sp³-hybridized carbons (Fsp3) is 0.429. The minimum absolute atomic E-state index is 0.0470. The number of halogens is 4. The number of carbonyl (C=O) groups is 1. The van der Waals surface area contributed by atoms with Crippen molar-refractivity contribution in [1.29, 1.82) is 0 Å². The van der Waals surface area contributed by atoms with Gasteiger partial charge in [0.1, 0.15) is 5.82 Å². The van der Waals surface area contributed by atoms with Gasteiger partial charge in [0.2, 0.25) is 11.9 Å². The third kappa shape index (κ3) is 2.88. The predicted octanol–water partition coefficient (Wildman–Crippen LogP) is 2.05. The summed E-state index contributed by atoms with van der Waals surface area (Å²) in [6, 6.07) is 3.93. The first-order chi connectivity index (χ1) is 10.8. The number of nitrogens with one attached hydrogen (secondary N) is 2. The van der Waals surface area contributed by atoms with Crippen molar-refractivity contribution in [3.8, 4) is 0 Å². The highest BCUT2D eigenvalue weighted by Crippen LogP contribution is 2.35. The number of nitrogens with zero attached hydrogens (tertiary/aromatic N) is 2. The second kappa shape index (κ2) is 5.48. The molecule has 1 aromatic heterocycles. The largest absolute Gasteiger partial charge is 0.393 e. The number of aryl methyl sites for hydroxylation is 1. The Morgan fingerprint density at radius 3 is 2.83 bits per heavy atom. The van der Waals surface area contributed by atoms with Crippen LogP contribution in [0.4, 0.5) is 23.5 Å². The number of fused-ring (bicyclic) bond motifs is 1. The Hall–Kier alpha value is -2.16. The predicted molar refractivity (Wildman–Crippen MR) is 75.2 cm³/mol. The van der Waals surface area contributed by atoms with E-state index in [9.17, 15) is 22.4 Å². The number of benzene rings is 1. The number of rotatable bonds is 2. The third-order valence-corrected chi connectivity index (χ3v) is 4.05. The molecule has 23 heavy (non-hydrogen) atoms. The molecule has 0 spiro atoms. The summed E-state index contributed by atoms with van der Waals surface area (Å²) in [6.45, 7) is -0.329. The molecule has 0 aliphatic carbocycles. The monoisotopic (exact) mass is 330 g/mol. The fourth-order valence-electron chi connectivity index (χ4n) is 2.79. The van der Waals surface area contributed by atoms with Gasteiger partial charge in [-0.15, -0.1) is 0 Å². The number of imidazole rings is 1. The van der Waals surface area contributed by atoms with Gasteiger partial charge in [0.05, 0.1) is 22.9 Å². The maximum absolute atomic E-state index is 13.2. The summed E-state index contributed by atoms with van der Waals surface area (Å²) >= 11 is 0. The molecule has 0 radical (unpaired) electrons. The van der Waals surface area contributed by atoms with Crippen molar-refractivity contribution in [1.82, 2.24) is 14.9 Å². The SMILES string of the molecule is Cn1c(NC(=O)[C@@H]2CNC[C@H]2C(F)(F)F)nc2cc(F)ccc21. The molecule has 2 aromatic rings. The van der Waals surface area contributed by atoms with Gasteiger partial charge >= 0.3 is 6.18 Å². The summed E-state index contributed by atoms with van der Waals surface area (Å²) in [5.74, 6) is -4.09. The molecule has 124 valence electrons. The molecule has 0 bridgehead atoms. The van der Waals surface area contributed by atoms with Crippen molar-refractivity contribution in [2.24, 2.45) is 18.9 Å². The smallest absolute Gasteiger partial charge is 0.315 e. The average molecular weight is 330 g/mol. The van der Waals surface area contributed by atoms with E-state index in [-0.39, 0.29) is 19.0 Å².